The topological polar surface area (TPSA) is 0 Å². The predicted octanol–water partition coefficient (Wildman–Crippen LogP) is 8.56. The molecule has 2 aromatic rings. The number of allylic oxidation sites excluding steroid dienone is 5. The number of benzene rings is 2. The molecule has 0 nitrogen and oxygen atoms in total. The van der Waals surface area contributed by atoms with Crippen molar-refractivity contribution in [1.29, 1.82) is 0 Å². The minimum atomic E-state index is -1.16. The third-order valence-electron chi connectivity index (χ3n) is 7.40. The van der Waals surface area contributed by atoms with E-state index in [2.05, 4.69) is 96.7 Å². The van der Waals surface area contributed by atoms with Crippen LogP contribution in [0.15, 0.2) is 64.8 Å². The van der Waals surface area contributed by atoms with Crippen molar-refractivity contribution >= 4 is 22.2 Å². The maximum atomic E-state index is 2.73. The van der Waals surface area contributed by atoms with Gasteiger partial charge in [-0.25, -0.2) is 0 Å². The summed E-state index contributed by atoms with van der Waals surface area (Å²) in [7, 11) is -1.14. The predicted molar refractivity (Wildman–Crippen MR) is 128 cm³/mol. The van der Waals surface area contributed by atoms with E-state index >= 15 is 0 Å². The Kier molecular flexibility index (Phi) is 5.35. The zero-order valence-corrected chi connectivity index (χ0v) is 23.9. The van der Waals surface area contributed by atoms with Gasteiger partial charge >= 0.3 is 190 Å². The van der Waals surface area contributed by atoms with E-state index in [-0.39, 0.29) is 0 Å². The van der Waals surface area contributed by atoms with Crippen molar-refractivity contribution in [2.45, 2.75) is 69.4 Å². The van der Waals surface area contributed by atoms with Gasteiger partial charge in [-0.05, 0) is 0 Å². The van der Waals surface area contributed by atoms with Crippen LogP contribution in [0, 0.1) is 0 Å². The summed E-state index contributed by atoms with van der Waals surface area (Å²) in [5.74, 6) is 0.629. The minimum absolute atomic E-state index is 0.336. The third kappa shape index (κ3) is 3.55. The van der Waals surface area contributed by atoms with Gasteiger partial charge in [-0.1, -0.05) is 0 Å². The van der Waals surface area contributed by atoms with Crippen molar-refractivity contribution in [2.24, 2.45) is 0 Å². The fraction of sp³-hybridized carbons (Fsp3) is 0.407. The molecule has 2 aliphatic carbocycles. The molecule has 148 valence electrons. The Morgan fingerprint density at radius 1 is 0.897 bits per heavy atom. The van der Waals surface area contributed by atoms with Crippen LogP contribution in [0.1, 0.15) is 51.7 Å². The van der Waals surface area contributed by atoms with E-state index in [9.17, 15) is 0 Å². The van der Waals surface area contributed by atoms with E-state index in [1.165, 1.54) is 16.8 Å². The molecule has 0 radical (unpaired) electrons. The summed E-state index contributed by atoms with van der Waals surface area (Å²) in [4.78, 5) is 0. The van der Waals surface area contributed by atoms with Crippen LogP contribution in [0.25, 0.3) is 14.1 Å². The normalized spacial score (nSPS) is 21.0. The Balaban J connectivity index is 1.86. The second-order valence-electron chi connectivity index (χ2n) is 10.5. The maximum absolute atomic E-state index is 2.73. The first-order chi connectivity index (χ1) is 13.5. The van der Waals surface area contributed by atoms with Gasteiger partial charge in [0, 0.05) is 0 Å². The summed E-state index contributed by atoms with van der Waals surface area (Å²) >= 11 is -1.16. The van der Waals surface area contributed by atoms with Gasteiger partial charge in [-0.15, -0.1) is 0 Å². The number of hydrogen-bond acceptors (Lipinski definition) is 0. The van der Waals surface area contributed by atoms with Crippen LogP contribution in [0.3, 0.4) is 0 Å². The summed E-state index contributed by atoms with van der Waals surface area (Å²) in [5, 5.41) is 2.89. The van der Waals surface area contributed by atoms with Crippen molar-refractivity contribution in [2.75, 3.05) is 0 Å². The van der Waals surface area contributed by atoms with E-state index in [1.807, 2.05) is 0 Å². The fourth-order valence-electron chi connectivity index (χ4n) is 5.26. The molecular formula is C27H34HfSi+2. The van der Waals surface area contributed by atoms with Gasteiger partial charge in [-0.3, -0.25) is 0 Å². The quantitative estimate of drug-likeness (QED) is 0.326. The Bertz CT molecular complexity index is 1070. The molecule has 0 bridgehead atoms. The van der Waals surface area contributed by atoms with Crippen molar-refractivity contribution in [3.8, 4) is 0 Å². The van der Waals surface area contributed by atoms with Crippen molar-refractivity contribution in [3.63, 3.8) is 0 Å². The zero-order chi connectivity index (χ0) is 21.1. The second kappa shape index (κ2) is 7.30. The van der Waals surface area contributed by atoms with Gasteiger partial charge in [-0.2, -0.15) is 0 Å². The molecule has 4 rings (SSSR count). The molecular weight excluding hydrogens is 531 g/mol. The summed E-state index contributed by atoms with van der Waals surface area (Å²) in [6.07, 6.45) is 2.73. The molecule has 2 aliphatic rings. The number of fused-ring (bicyclic) bond motifs is 3. The Labute approximate surface area is 189 Å². The van der Waals surface area contributed by atoms with Gasteiger partial charge in [0.05, 0.1) is 0 Å². The Morgan fingerprint density at radius 3 is 2.14 bits per heavy atom. The summed E-state index contributed by atoms with van der Waals surface area (Å²) in [6, 6.07) is 15.2. The average Bonchev–Trinajstić information content (AvgIpc) is 3.06. The SMILES string of the molecule is CC1=C(C)[C](C)([Hf+2][C]2=CC(C[Si](C)(C)C)c3ccc4ccccc4c32)C(C)=C1C. The first-order valence-corrected chi connectivity index (χ1v) is 18.2. The van der Waals surface area contributed by atoms with Gasteiger partial charge < -0.3 is 0 Å². The van der Waals surface area contributed by atoms with E-state index in [0.29, 0.717) is 9.09 Å². The molecule has 2 heteroatoms. The molecule has 0 saturated heterocycles. The Morgan fingerprint density at radius 2 is 1.52 bits per heavy atom. The first-order valence-electron chi connectivity index (χ1n) is 10.9. The van der Waals surface area contributed by atoms with Crippen LogP contribution in [-0.2, 0) is 22.9 Å². The standard InChI is InChI=1S/C17H19Si.C10H15.Hf/c1-18(2,3)12-14-9-11-17-15-7-5-4-6-13(15)8-10-16(14)17;1-6-7(2)9(4)10(5)8(6)3;/h4-10,14H,12H2,1-3H3;1-5H3;/q;;+2. The van der Waals surface area contributed by atoms with Crippen LogP contribution >= 0.6 is 0 Å². The molecule has 1 unspecified atom stereocenters. The average molecular weight is 565 g/mol. The van der Waals surface area contributed by atoms with Gasteiger partial charge in [0.15, 0.2) is 0 Å². The number of rotatable bonds is 4. The van der Waals surface area contributed by atoms with E-state index in [1.54, 1.807) is 36.7 Å². The number of hydrogen-bond donors (Lipinski definition) is 0. The van der Waals surface area contributed by atoms with Crippen LogP contribution < -0.4 is 0 Å². The van der Waals surface area contributed by atoms with Gasteiger partial charge in [0.2, 0.25) is 0 Å². The molecule has 0 spiro atoms. The van der Waals surface area contributed by atoms with Crippen LogP contribution in [0.4, 0.5) is 0 Å². The van der Waals surface area contributed by atoms with E-state index in [0.717, 1.165) is 0 Å². The van der Waals surface area contributed by atoms with Gasteiger partial charge in [0.1, 0.15) is 0 Å². The van der Waals surface area contributed by atoms with Crippen molar-refractivity contribution in [3.05, 3.63) is 75.9 Å². The van der Waals surface area contributed by atoms with Crippen LogP contribution in [0.5, 0.6) is 0 Å². The molecule has 0 amide bonds. The molecule has 2 aromatic carbocycles. The molecule has 0 heterocycles. The molecule has 0 N–H and O–H groups in total. The fourth-order valence-corrected chi connectivity index (χ4v) is 14.0. The third-order valence-corrected chi connectivity index (χ3v) is 16.0. The monoisotopic (exact) mass is 566 g/mol. The second-order valence-corrected chi connectivity index (χ2v) is 22.4. The van der Waals surface area contributed by atoms with Crippen LogP contribution in [-0.4, -0.2) is 8.07 Å². The molecule has 0 aromatic heterocycles. The van der Waals surface area contributed by atoms with Gasteiger partial charge in [0.25, 0.3) is 0 Å². The molecule has 29 heavy (non-hydrogen) atoms. The van der Waals surface area contributed by atoms with E-state index in [4.69, 9.17) is 0 Å². The Hall–Kier alpha value is -0.993. The summed E-state index contributed by atoms with van der Waals surface area (Å²) in [6.45, 7) is 19.6. The molecule has 0 saturated carbocycles. The molecule has 0 aliphatic heterocycles. The summed E-state index contributed by atoms with van der Waals surface area (Å²) in [5.41, 5.74) is 9.63. The van der Waals surface area contributed by atoms with Crippen molar-refractivity contribution in [1.82, 2.24) is 0 Å². The van der Waals surface area contributed by atoms with Crippen LogP contribution in [0.2, 0.25) is 28.9 Å². The van der Waals surface area contributed by atoms with Crippen molar-refractivity contribution < 1.29 is 22.9 Å². The molecule has 0 fully saturated rings. The van der Waals surface area contributed by atoms with E-state index < -0.39 is 31.0 Å². The first kappa shape index (κ1) is 21.2. The molecule has 1 atom stereocenters. The summed E-state index contributed by atoms with van der Waals surface area (Å²) < 4.78 is 2.10. The zero-order valence-electron chi connectivity index (χ0n) is 19.3.